The van der Waals surface area contributed by atoms with Crippen LogP contribution in [0.1, 0.15) is 12.5 Å². The van der Waals surface area contributed by atoms with Crippen LogP contribution in [-0.4, -0.2) is 57.6 Å². The molecule has 1 aliphatic heterocycles. The zero-order chi connectivity index (χ0) is 23.0. The smallest absolute Gasteiger partial charge is 0.376 e. The molecule has 2 aromatic heterocycles. The van der Waals surface area contributed by atoms with Gasteiger partial charge in [-0.15, -0.1) is 0 Å². The molecule has 1 atom stereocenters. The molecule has 11 heteroatoms. The molecule has 2 N–H and O–H groups in total. The van der Waals surface area contributed by atoms with Crippen molar-refractivity contribution in [3.8, 4) is 0 Å². The highest BCUT2D eigenvalue weighted by Crippen LogP contribution is 2.30. The molecular formula is C21H23F3N6O2. The maximum absolute atomic E-state index is 12.8. The second kappa shape index (κ2) is 8.21. The fraction of sp³-hybridized carbons (Fsp3) is 0.381. The number of piperazine rings is 1. The molecule has 32 heavy (non-hydrogen) atoms. The van der Waals surface area contributed by atoms with Gasteiger partial charge in [0.2, 0.25) is 5.91 Å². The van der Waals surface area contributed by atoms with E-state index < -0.39 is 11.7 Å². The number of carbonyl (C=O) groups excluding carboxylic acids is 1. The van der Waals surface area contributed by atoms with Crippen molar-refractivity contribution in [1.29, 1.82) is 0 Å². The van der Waals surface area contributed by atoms with Gasteiger partial charge in [-0.1, -0.05) is 0 Å². The van der Waals surface area contributed by atoms with E-state index in [1.165, 1.54) is 10.6 Å². The van der Waals surface area contributed by atoms with Crippen LogP contribution >= 0.6 is 0 Å². The largest absolute Gasteiger partial charge is 0.417 e. The number of nitrogens with zero attached hydrogens (tertiary/aromatic N) is 4. The van der Waals surface area contributed by atoms with Crippen molar-refractivity contribution in [2.24, 2.45) is 7.05 Å². The molecule has 0 saturated carbocycles. The van der Waals surface area contributed by atoms with Crippen molar-refractivity contribution in [3.63, 3.8) is 0 Å². The van der Waals surface area contributed by atoms with Crippen LogP contribution in [0.15, 0.2) is 41.3 Å². The molecule has 8 nitrogen and oxygen atoms in total. The van der Waals surface area contributed by atoms with Gasteiger partial charge in [0.1, 0.15) is 5.82 Å². The number of benzene rings is 1. The van der Waals surface area contributed by atoms with E-state index in [9.17, 15) is 22.8 Å². The van der Waals surface area contributed by atoms with E-state index in [1.54, 1.807) is 30.1 Å². The molecular weight excluding hydrogens is 425 g/mol. The summed E-state index contributed by atoms with van der Waals surface area (Å²) in [6.07, 6.45) is -3.59. The number of imidazole rings is 1. The number of aryl methyl sites for hydroxylation is 1. The quantitative estimate of drug-likeness (QED) is 0.640. The van der Waals surface area contributed by atoms with Crippen LogP contribution in [0.25, 0.3) is 11.0 Å². The number of hydrogen-bond acceptors (Lipinski definition) is 5. The summed E-state index contributed by atoms with van der Waals surface area (Å²) in [7, 11) is 1.67. The predicted octanol–water partition coefficient (Wildman–Crippen LogP) is 2.43. The summed E-state index contributed by atoms with van der Waals surface area (Å²) in [5, 5.41) is 3.10. The average Bonchev–Trinajstić information content (AvgIpc) is 3.04. The van der Waals surface area contributed by atoms with Crippen LogP contribution in [0.3, 0.4) is 0 Å². The van der Waals surface area contributed by atoms with Gasteiger partial charge in [0.25, 0.3) is 0 Å². The Hall–Kier alpha value is -3.50. The van der Waals surface area contributed by atoms with Crippen LogP contribution in [0.4, 0.5) is 24.7 Å². The lowest BCUT2D eigenvalue weighted by Crippen LogP contribution is -2.55. The number of halogens is 3. The lowest BCUT2D eigenvalue weighted by atomic mass is 10.1. The van der Waals surface area contributed by atoms with E-state index in [-0.39, 0.29) is 24.2 Å². The first-order valence-electron chi connectivity index (χ1n) is 10.1. The summed E-state index contributed by atoms with van der Waals surface area (Å²) in [6.45, 7) is 3.36. The second-order valence-corrected chi connectivity index (χ2v) is 7.86. The van der Waals surface area contributed by atoms with Crippen LogP contribution < -0.4 is 15.9 Å². The van der Waals surface area contributed by atoms with Crippen LogP contribution in [-0.2, 0) is 18.0 Å². The molecule has 1 saturated heterocycles. The molecule has 1 aromatic carbocycles. The van der Waals surface area contributed by atoms with Gasteiger partial charge in [0.15, 0.2) is 0 Å². The Bertz CT molecular complexity index is 1180. The van der Waals surface area contributed by atoms with Gasteiger partial charge in [-0.25, -0.2) is 9.78 Å². The molecule has 3 aromatic rings. The summed E-state index contributed by atoms with van der Waals surface area (Å²) in [5.41, 5.74) is 1.19. The first kappa shape index (κ1) is 21.7. The molecule has 0 radical (unpaired) electrons. The normalized spacial score (nSPS) is 17.1. The van der Waals surface area contributed by atoms with E-state index >= 15 is 0 Å². The Balaban J connectivity index is 1.35. The number of hydrogen-bond donors (Lipinski definition) is 2. The van der Waals surface area contributed by atoms with Crippen molar-refractivity contribution in [2.45, 2.75) is 19.1 Å². The number of nitrogens with one attached hydrogen (secondary N) is 2. The molecule has 4 rings (SSSR count). The molecule has 1 aliphatic rings. The first-order chi connectivity index (χ1) is 15.1. The summed E-state index contributed by atoms with van der Waals surface area (Å²) in [4.78, 5) is 34.7. The lowest BCUT2D eigenvalue weighted by molar-refractivity contribution is -0.137. The highest BCUT2D eigenvalue weighted by atomic mass is 19.4. The van der Waals surface area contributed by atoms with E-state index in [0.717, 1.165) is 29.0 Å². The van der Waals surface area contributed by atoms with Crippen molar-refractivity contribution < 1.29 is 18.0 Å². The summed E-state index contributed by atoms with van der Waals surface area (Å²) < 4.78 is 39.8. The number of anilines is 2. The van der Waals surface area contributed by atoms with Crippen LogP contribution in [0, 0.1) is 0 Å². The van der Waals surface area contributed by atoms with Gasteiger partial charge in [0, 0.05) is 44.6 Å². The van der Waals surface area contributed by atoms with Crippen molar-refractivity contribution in [1.82, 2.24) is 19.4 Å². The number of pyridine rings is 1. The number of fused-ring (bicyclic) bond motifs is 1. The Labute approximate surface area is 181 Å². The van der Waals surface area contributed by atoms with Crippen molar-refractivity contribution in [3.05, 3.63) is 52.6 Å². The van der Waals surface area contributed by atoms with Crippen LogP contribution in [0.2, 0.25) is 0 Å². The van der Waals surface area contributed by atoms with Gasteiger partial charge in [-0.2, -0.15) is 13.2 Å². The Morgan fingerprint density at radius 1 is 1.25 bits per heavy atom. The first-order valence-corrected chi connectivity index (χ1v) is 10.1. The zero-order valence-electron chi connectivity index (χ0n) is 17.6. The Morgan fingerprint density at radius 3 is 2.69 bits per heavy atom. The topological polar surface area (TPSA) is 86.3 Å². The molecule has 1 fully saturated rings. The maximum Gasteiger partial charge on any atom is 0.417 e. The maximum atomic E-state index is 12.8. The summed E-state index contributed by atoms with van der Waals surface area (Å²) >= 11 is 0. The van der Waals surface area contributed by atoms with Gasteiger partial charge in [-0.05, 0) is 37.3 Å². The molecule has 1 amide bonds. The molecule has 3 heterocycles. The van der Waals surface area contributed by atoms with E-state index in [0.29, 0.717) is 25.5 Å². The van der Waals surface area contributed by atoms with Crippen LogP contribution in [0.5, 0.6) is 0 Å². The fourth-order valence-electron chi connectivity index (χ4n) is 3.87. The number of aromatic nitrogens is 3. The van der Waals surface area contributed by atoms with Gasteiger partial charge >= 0.3 is 11.9 Å². The molecule has 0 aliphatic carbocycles. The highest BCUT2D eigenvalue weighted by molar-refractivity contribution is 5.83. The number of alkyl halides is 3. The van der Waals surface area contributed by atoms with E-state index in [2.05, 4.69) is 15.3 Å². The molecule has 170 valence electrons. The van der Waals surface area contributed by atoms with Crippen molar-refractivity contribution >= 4 is 28.4 Å². The highest BCUT2D eigenvalue weighted by Gasteiger charge is 2.32. The SMILES string of the molecule is C[C@@H]1CN(C(=O)CNc2ccc3[nH]c(=O)n(C)c3c2)CCN1c1ccc(C(F)(F)F)cn1. The van der Waals surface area contributed by atoms with Gasteiger partial charge in [0.05, 0.1) is 23.1 Å². The minimum Gasteiger partial charge on any atom is -0.376 e. The third-order valence-corrected chi connectivity index (χ3v) is 5.70. The summed E-state index contributed by atoms with van der Waals surface area (Å²) in [6, 6.07) is 7.67. The monoisotopic (exact) mass is 448 g/mol. The zero-order valence-corrected chi connectivity index (χ0v) is 17.6. The Morgan fingerprint density at radius 2 is 2.03 bits per heavy atom. The molecule has 0 spiro atoms. The number of H-pyrrole nitrogens is 1. The van der Waals surface area contributed by atoms with E-state index in [4.69, 9.17) is 0 Å². The van der Waals surface area contributed by atoms with Gasteiger partial charge in [-0.3, -0.25) is 9.36 Å². The van der Waals surface area contributed by atoms with Gasteiger partial charge < -0.3 is 20.1 Å². The minimum atomic E-state index is -4.42. The van der Waals surface area contributed by atoms with Crippen molar-refractivity contribution in [2.75, 3.05) is 36.4 Å². The van der Waals surface area contributed by atoms with E-state index in [1.807, 2.05) is 11.8 Å². The Kier molecular flexibility index (Phi) is 5.57. The predicted molar refractivity (Wildman–Crippen MR) is 115 cm³/mol. The number of aromatic amines is 1. The lowest BCUT2D eigenvalue weighted by Gasteiger charge is -2.40. The number of rotatable bonds is 4. The molecule has 0 bridgehead atoms. The summed E-state index contributed by atoms with van der Waals surface area (Å²) in [5.74, 6) is 0.376. The number of amides is 1. The standard InChI is InChI=1S/C21H23F3N6O2/c1-13-12-29(7-8-30(13)18-6-3-14(10-26-18)21(22,23)24)19(31)11-25-15-4-5-16-17(9-15)28(2)20(32)27-16/h3-6,9-10,13,25H,7-8,11-12H2,1-2H3,(H,27,32)/t13-/m1/s1. The molecule has 0 unspecified atom stereocenters. The third-order valence-electron chi connectivity index (χ3n) is 5.70. The fourth-order valence-corrected chi connectivity index (χ4v) is 3.87. The third kappa shape index (κ3) is 4.27. The average molecular weight is 448 g/mol. The second-order valence-electron chi connectivity index (χ2n) is 7.86. The number of carbonyl (C=O) groups is 1. The minimum absolute atomic E-state index is 0.0834.